The molecule has 1 aromatic rings. The topological polar surface area (TPSA) is 12.0 Å². The van der Waals surface area contributed by atoms with Crippen molar-refractivity contribution in [2.24, 2.45) is 11.8 Å². The van der Waals surface area contributed by atoms with Crippen LogP contribution < -0.4 is 5.32 Å². The minimum atomic E-state index is -4.26. The van der Waals surface area contributed by atoms with Crippen LogP contribution in [0, 0.1) is 11.8 Å². The van der Waals surface area contributed by atoms with E-state index in [1.807, 2.05) is 7.05 Å². The van der Waals surface area contributed by atoms with Crippen LogP contribution in [0.4, 0.5) is 13.2 Å². The number of hydrogen-bond donors (Lipinski definition) is 1. The first kappa shape index (κ1) is 16.3. The Morgan fingerprint density at radius 2 is 1.86 bits per heavy atom. The lowest BCUT2D eigenvalue weighted by atomic mass is 9.75. The van der Waals surface area contributed by atoms with Crippen LogP contribution in [0.1, 0.15) is 56.2 Å². The van der Waals surface area contributed by atoms with Crippen LogP contribution in [0.2, 0.25) is 0 Å². The zero-order chi connectivity index (χ0) is 15.5. The van der Waals surface area contributed by atoms with Crippen molar-refractivity contribution in [3.8, 4) is 0 Å². The van der Waals surface area contributed by atoms with Gasteiger partial charge in [-0.25, -0.2) is 0 Å². The first-order valence-corrected chi connectivity index (χ1v) is 7.80. The van der Waals surface area contributed by atoms with Gasteiger partial charge in [-0.1, -0.05) is 38.3 Å². The maximum Gasteiger partial charge on any atom is 0.416 e. The van der Waals surface area contributed by atoms with Crippen LogP contribution in [0.15, 0.2) is 24.3 Å². The van der Waals surface area contributed by atoms with E-state index in [1.54, 1.807) is 12.1 Å². The van der Waals surface area contributed by atoms with Crippen molar-refractivity contribution in [3.05, 3.63) is 35.4 Å². The Labute approximate surface area is 124 Å². The molecule has 0 spiro atoms. The number of rotatable bonds is 4. The lowest BCUT2D eigenvalue weighted by Gasteiger charge is -2.34. The van der Waals surface area contributed by atoms with E-state index in [1.165, 1.54) is 37.8 Å². The van der Waals surface area contributed by atoms with E-state index in [0.717, 1.165) is 17.9 Å². The predicted molar refractivity (Wildman–Crippen MR) is 79.0 cm³/mol. The van der Waals surface area contributed by atoms with E-state index in [9.17, 15) is 13.2 Å². The van der Waals surface area contributed by atoms with E-state index in [0.29, 0.717) is 5.92 Å². The summed E-state index contributed by atoms with van der Waals surface area (Å²) in [4.78, 5) is 0. The van der Waals surface area contributed by atoms with Crippen molar-refractivity contribution in [1.29, 1.82) is 0 Å². The second-order valence-electron chi connectivity index (χ2n) is 6.09. The molecule has 2 rings (SSSR count). The van der Waals surface area contributed by atoms with Crippen molar-refractivity contribution in [2.75, 3.05) is 7.05 Å². The normalized spacial score (nSPS) is 24.8. The van der Waals surface area contributed by atoms with Crippen molar-refractivity contribution in [3.63, 3.8) is 0 Å². The Morgan fingerprint density at radius 1 is 1.19 bits per heavy atom. The minimum absolute atomic E-state index is 0.154. The summed E-state index contributed by atoms with van der Waals surface area (Å²) in [6.45, 7) is 2.22. The van der Waals surface area contributed by atoms with E-state index in [4.69, 9.17) is 0 Å². The van der Waals surface area contributed by atoms with Crippen LogP contribution >= 0.6 is 0 Å². The van der Waals surface area contributed by atoms with Crippen LogP contribution in [0.25, 0.3) is 0 Å². The molecule has 1 aliphatic rings. The Kier molecular flexibility index (Phi) is 5.31. The predicted octanol–water partition coefficient (Wildman–Crippen LogP) is 5.18. The van der Waals surface area contributed by atoms with Gasteiger partial charge in [0.2, 0.25) is 0 Å². The van der Waals surface area contributed by atoms with Gasteiger partial charge in [-0.2, -0.15) is 13.2 Å². The fraction of sp³-hybridized carbons (Fsp3) is 0.647. The maximum atomic E-state index is 12.6. The summed E-state index contributed by atoms with van der Waals surface area (Å²) >= 11 is 0. The third kappa shape index (κ3) is 4.00. The van der Waals surface area contributed by atoms with Crippen LogP contribution in [-0.4, -0.2) is 7.05 Å². The van der Waals surface area contributed by atoms with Gasteiger partial charge >= 0.3 is 6.18 Å². The molecule has 0 amide bonds. The smallest absolute Gasteiger partial charge is 0.313 e. The Hall–Kier alpha value is -1.03. The van der Waals surface area contributed by atoms with Gasteiger partial charge in [0, 0.05) is 6.04 Å². The summed E-state index contributed by atoms with van der Waals surface area (Å²) in [6.07, 6.45) is 1.77. The Bertz CT molecular complexity index is 438. The number of nitrogens with one attached hydrogen (secondary N) is 1. The lowest BCUT2D eigenvalue weighted by molar-refractivity contribution is -0.137. The molecule has 118 valence electrons. The van der Waals surface area contributed by atoms with Crippen molar-refractivity contribution < 1.29 is 13.2 Å². The lowest BCUT2D eigenvalue weighted by Crippen LogP contribution is -2.29. The molecular formula is C17H24F3N. The fourth-order valence-electron chi connectivity index (χ4n) is 3.56. The van der Waals surface area contributed by atoms with Gasteiger partial charge in [0.1, 0.15) is 0 Å². The summed E-state index contributed by atoms with van der Waals surface area (Å²) in [5.74, 6) is 1.28. The number of hydrogen-bond acceptors (Lipinski definition) is 1. The van der Waals surface area contributed by atoms with Gasteiger partial charge in [-0.05, 0) is 49.4 Å². The largest absolute Gasteiger partial charge is 0.416 e. The molecule has 1 aromatic carbocycles. The maximum absolute atomic E-state index is 12.6. The van der Waals surface area contributed by atoms with Gasteiger partial charge in [0.05, 0.1) is 5.56 Å². The van der Waals surface area contributed by atoms with Gasteiger partial charge in [0.15, 0.2) is 0 Å². The molecule has 0 heterocycles. The molecule has 3 unspecified atom stereocenters. The molecule has 21 heavy (non-hydrogen) atoms. The van der Waals surface area contributed by atoms with Gasteiger partial charge in [0.25, 0.3) is 0 Å². The Morgan fingerprint density at radius 3 is 2.38 bits per heavy atom. The van der Waals surface area contributed by atoms with Crippen molar-refractivity contribution >= 4 is 0 Å². The van der Waals surface area contributed by atoms with Crippen LogP contribution in [-0.2, 0) is 6.18 Å². The molecule has 0 radical (unpaired) electrons. The highest BCUT2D eigenvalue weighted by atomic mass is 19.4. The number of halogens is 3. The molecule has 0 saturated heterocycles. The summed E-state index contributed by atoms with van der Waals surface area (Å²) in [5, 5.41) is 3.31. The summed E-state index contributed by atoms with van der Waals surface area (Å²) in [6, 6.07) is 5.79. The van der Waals surface area contributed by atoms with Crippen molar-refractivity contribution in [1.82, 2.24) is 5.32 Å². The van der Waals surface area contributed by atoms with E-state index in [2.05, 4.69) is 12.2 Å². The number of benzene rings is 1. The average molecular weight is 299 g/mol. The van der Waals surface area contributed by atoms with Crippen LogP contribution in [0.3, 0.4) is 0 Å². The molecule has 0 bridgehead atoms. The van der Waals surface area contributed by atoms with Crippen molar-refractivity contribution in [2.45, 2.75) is 51.2 Å². The number of alkyl halides is 3. The minimum Gasteiger partial charge on any atom is -0.313 e. The highest BCUT2D eigenvalue weighted by Gasteiger charge is 2.31. The first-order valence-electron chi connectivity index (χ1n) is 7.80. The summed E-state index contributed by atoms with van der Waals surface area (Å²) < 4.78 is 37.9. The standard InChI is InChI=1S/C17H24F3N/c1-3-12-5-4-6-14(11-12)16(21-2)13-7-9-15(10-8-13)17(18,19)20/h7-10,12,14,16,21H,3-6,11H2,1-2H3. The molecule has 1 nitrogen and oxygen atoms in total. The fourth-order valence-corrected chi connectivity index (χ4v) is 3.56. The van der Waals surface area contributed by atoms with E-state index in [-0.39, 0.29) is 6.04 Å². The first-order chi connectivity index (χ1) is 9.95. The molecule has 3 atom stereocenters. The summed E-state index contributed by atoms with van der Waals surface area (Å²) in [5.41, 5.74) is 0.392. The zero-order valence-electron chi connectivity index (χ0n) is 12.7. The second-order valence-corrected chi connectivity index (χ2v) is 6.09. The molecule has 0 aliphatic heterocycles. The summed E-state index contributed by atoms with van der Waals surface area (Å²) in [7, 11) is 1.90. The SMILES string of the molecule is CCC1CCCC(C(NC)c2ccc(C(F)(F)F)cc2)C1. The zero-order valence-corrected chi connectivity index (χ0v) is 12.7. The highest BCUT2D eigenvalue weighted by molar-refractivity contribution is 5.27. The molecular weight excluding hydrogens is 275 g/mol. The molecule has 0 aromatic heterocycles. The molecule has 1 fully saturated rings. The third-order valence-corrected chi connectivity index (χ3v) is 4.78. The molecule has 1 aliphatic carbocycles. The molecule has 4 heteroatoms. The second kappa shape index (κ2) is 6.82. The quantitative estimate of drug-likeness (QED) is 0.807. The van der Waals surface area contributed by atoms with Gasteiger partial charge in [-0.3, -0.25) is 0 Å². The van der Waals surface area contributed by atoms with Gasteiger partial charge in [-0.15, -0.1) is 0 Å². The van der Waals surface area contributed by atoms with E-state index >= 15 is 0 Å². The van der Waals surface area contributed by atoms with E-state index < -0.39 is 11.7 Å². The average Bonchev–Trinajstić information content (AvgIpc) is 2.48. The van der Waals surface area contributed by atoms with Crippen LogP contribution in [0.5, 0.6) is 0 Å². The highest BCUT2D eigenvalue weighted by Crippen LogP contribution is 2.39. The molecule has 1 N–H and O–H groups in total. The Balaban J connectivity index is 2.13. The monoisotopic (exact) mass is 299 g/mol. The molecule has 1 saturated carbocycles. The third-order valence-electron chi connectivity index (χ3n) is 4.78. The van der Waals surface area contributed by atoms with Gasteiger partial charge < -0.3 is 5.32 Å².